The summed E-state index contributed by atoms with van der Waals surface area (Å²) in [5, 5.41) is 24.1. The molecule has 0 radical (unpaired) electrons. The topological polar surface area (TPSA) is 183 Å². The van der Waals surface area contributed by atoms with E-state index in [-0.39, 0.29) is 16.7 Å². The zero-order valence-electron chi connectivity index (χ0n) is 17.0. The molecule has 2 saturated heterocycles. The Bertz CT molecular complexity index is 1190. The number of thioether (sulfide) groups is 1. The summed E-state index contributed by atoms with van der Waals surface area (Å²) in [6.07, 6.45) is 5.57. The van der Waals surface area contributed by atoms with Crippen LogP contribution < -0.4 is 11.1 Å². The number of aliphatic carboxylic acids is 1. The third kappa shape index (κ3) is 3.39. The predicted molar refractivity (Wildman–Crippen MR) is 118 cm³/mol. The summed E-state index contributed by atoms with van der Waals surface area (Å²) in [5.74, 6) is -2.37. The lowest BCUT2D eigenvalue weighted by Crippen LogP contribution is -2.71. The molecule has 172 valence electrons. The van der Waals surface area contributed by atoms with Crippen LogP contribution in [0.15, 0.2) is 33.3 Å². The summed E-state index contributed by atoms with van der Waals surface area (Å²) in [6, 6.07) is -0.978. The highest BCUT2D eigenvalue weighted by Crippen LogP contribution is 2.42. The van der Waals surface area contributed by atoms with Crippen LogP contribution in [-0.4, -0.2) is 89.1 Å². The number of aromatic nitrogens is 2. The number of quaternary nitrogens is 1. The number of anilines is 1. The number of hydrogen-bond donors (Lipinski definition) is 4. The maximum atomic E-state index is 12.9. The number of aliphatic imine (C=N–C) groups is 1. The number of amides is 2. The lowest BCUT2D eigenvalue weighted by atomic mass is 10.0. The molecule has 5 heterocycles. The summed E-state index contributed by atoms with van der Waals surface area (Å²) >= 11 is 2.20. The molecule has 5 N–H and O–H groups in total. The van der Waals surface area contributed by atoms with Crippen LogP contribution in [0.4, 0.5) is 5.13 Å². The van der Waals surface area contributed by atoms with Crippen molar-refractivity contribution >= 4 is 58.3 Å². The third-order valence-corrected chi connectivity index (χ3v) is 7.93. The average molecular weight is 492 g/mol. The van der Waals surface area contributed by atoms with Crippen molar-refractivity contribution in [3.8, 4) is 0 Å². The number of nitrogens with two attached hydrogens (primary N) is 1. The van der Waals surface area contributed by atoms with E-state index in [1.165, 1.54) is 16.7 Å². The molecule has 1 unspecified atom stereocenters. The molecular formula is C18H19N8O5S2+. The molecule has 1 aromatic heterocycles. The van der Waals surface area contributed by atoms with Gasteiger partial charge in [-0.25, -0.2) is 14.3 Å². The summed E-state index contributed by atoms with van der Waals surface area (Å²) in [6.45, 7) is 1.28. The predicted octanol–water partition coefficient (Wildman–Crippen LogP) is -0.469. The van der Waals surface area contributed by atoms with Gasteiger partial charge in [0.05, 0.1) is 12.7 Å². The number of fused-ring (bicyclic) bond motifs is 2. The summed E-state index contributed by atoms with van der Waals surface area (Å²) < 4.78 is 4.33. The van der Waals surface area contributed by atoms with Gasteiger partial charge in [0.15, 0.2) is 11.5 Å². The Morgan fingerprint density at radius 1 is 1.42 bits per heavy atom. The molecule has 5 rings (SSSR count). The van der Waals surface area contributed by atoms with Crippen LogP contribution in [0.25, 0.3) is 0 Å². The second kappa shape index (κ2) is 7.93. The van der Waals surface area contributed by atoms with Crippen LogP contribution in [-0.2, 0) is 14.4 Å². The van der Waals surface area contributed by atoms with E-state index < -0.39 is 34.9 Å². The van der Waals surface area contributed by atoms with Crippen LogP contribution >= 0.6 is 23.3 Å². The first-order chi connectivity index (χ1) is 15.8. The summed E-state index contributed by atoms with van der Waals surface area (Å²) in [4.78, 5) is 46.9. The molecule has 0 bridgehead atoms. The van der Waals surface area contributed by atoms with E-state index >= 15 is 0 Å². The Kier molecular flexibility index (Phi) is 5.18. The minimum Gasteiger partial charge on any atom is -0.477 e. The maximum absolute atomic E-state index is 12.9. The molecule has 3 atom stereocenters. The largest absolute Gasteiger partial charge is 0.477 e. The number of carbonyl (C=O) groups is 3. The molecule has 0 saturated carbocycles. The van der Waals surface area contributed by atoms with E-state index in [0.717, 1.165) is 36.6 Å². The number of hydrogen-bond acceptors (Lipinski definition) is 11. The second-order valence-electron chi connectivity index (χ2n) is 7.93. The number of β-lactam (4-membered cyclic amide) rings is 1. The fourth-order valence-electron chi connectivity index (χ4n) is 4.57. The van der Waals surface area contributed by atoms with Crippen molar-refractivity contribution in [1.82, 2.24) is 19.6 Å². The van der Waals surface area contributed by atoms with E-state index in [1.54, 1.807) is 0 Å². The maximum Gasteiger partial charge on any atom is 0.352 e. The Morgan fingerprint density at radius 3 is 2.94 bits per heavy atom. The molecule has 2 fully saturated rings. The van der Waals surface area contributed by atoms with Gasteiger partial charge in [-0.3, -0.25) is 14.5 Å². The van der Waals surface area contributed by atoms with E-state index in [2.05, 4.69) is 24.8 Å². The smallest absolute Gasteiger partial charge is 0.352 e. The summed E-state index contributed by atoms with van der Waals surface area (Å²) in [7, 11) is 0. The molecule has 0 aliphatic carbocycles. The molecule has 1 aromatic rings. The van der Waals surface area contributed by atoms with Gasteiger partial charge in [0, 0.05) is 35.7 Å². The van der Waals surface area contributed by atoms with Gasteiger partial charge in [-0.15, -0.1) is 11.8 Å². The molecule has 0 aromatic carbocycles. The number of nitrogen functional groups attached to an aromatic ring is 1. The first-order valence-corrected chi connectivity index (χ1v) is 11.8. The van der Waals surface area contributed by atoms with Crippen LogP contribution in [0.5, 0.6) is 0 Å². The van der Waals surface area contributed by atoms with Gasteiger partial charge < -0.3 is 21.4 Å². The van der Waals surface area contributed by atoms with E-state index in [1.807, 2.05) is 12.5 Å². The third-order valence-electron chi connectivity index (χ3n) is 6.05. The molecule has 33 heavy (non-hydrogen) atoms. The van der Waals surface area contributed by atoms with Crippen LogP contribution in [0, 0.1) is 0 Å². The lowest BCUT2D eigenvalue weighted by molar-refractivity contribution is -0.777. The number of carboxylic acid groups (broad SMARTS) is 1. The number of oxime groups is 1. The summed E-state index contributed by atoms with van der Waals surface area (Å²) in [5.41, 5.74) is 6.78. The van der Waals surface area contributed by atoms with Gasteiger partial charge in [-0.1, -0.05) is 5.16 Å². The van der Waals surface area contributed by atoms with E-state index in [9.17, 15) is 24.7 Å². The van der Waals surface area contributed by atoms with Crippen molar-refractivity contribution in [1.29, 1.82) is 0 Å². The second-order valence-corrected chi connectivity index (χ2v) is 9.82. The normalized spacial score (nSPS) is 28.4. The van der Waals surface area contributed by atoms with Crippen molar-refractivity contribution in [2.75, 3.05) is 24.6 Å². The number of allylic oxidation sites excluding steroid dienone is 1. The van der Waals surface area contributed by atoms with Crippen LogP contribution in [0.2, 0.25) is 0 Å². The Labute approximate surface area is 195 Å². The molecule has 13 nitrogen and oxygen atoms in total. The minimum atomic E-state index is -1.19. The number of carbonyl (C=O) groups excluding carboxylic acids is 2. The molecule has 4 aliphatic heterocycles. The van der Waals surface area contributed by atoms with Gasteiger partial charge in [-0.05, 0) is 0 Å². The fourth-order valence-corrected chi connectivity index (χ4v) is 6.34. The van der Waals surface area contributed by atoms with E-state index in [0.29, 0.717) is 22.4 Å². The standard InChI is InChI=1S/C18H18N8O5S2/c19-18-22-13(24-33-18)10(23-31)14(27)21-11-15(28)25-12(17(29)30)8(6-32-16(11)25)5-26-3-1-2-9(26)4-20-7-26/h4,7,11,16H,1-3,5-6H2,(H4-,19,21,22,24,27,29,30,31)/p+1/t11-,16-,26?/m1/s1. The SMILES string of the molecule is Nc1nc(/C(=N/O)C(=O)N[C@@H]2C(=O)N3C(C(=O)O)=C(C[N+]45C=NC=C4CCC5)CS[C@H]23)ns1. The highest BCUT2D eigenvalue weighted by molar-refractivity contribution is 8.00. The van der Waals surface area contributed by atoms with E-state index in [4.69, 9.17) is 5.73 Å². The van der Waals surface area contributed by atoms with Gasteiger partial charge >= 0.3 is 5.97 Å². The first kappa shape index (κ1) is 21.5. The van der Waals surface area contributed by atoms with Crippen LogP contribution in [0.3, 0.4) is 0 Å². The minimum absolute atomic E-state index is 0.0433. The molecule has 2 amide bonds. The monoisotopic (exact) mass is 491 g/mol. The number of nitrogens with one attached hydrogen (secondary N) is 1. The quantitative estimate of drug-likeness (QED) is 0.134. The molecule has 0 spiro atoms. The Balaban J connectivity index is 1.35. The highest BCUT2D eigenvalue weighted by Gasteiger charge is 2.55. The van der Waals surface area contributed by atoms with Crippen molar-refractivity contribution in [3.05, 3.63) is 29.0 Å². The molecule has 15 heteroatoms. The zero-order chi connectivity index (χ0) is 23.3. The van der Waals surface area contributed by atoms with Crippen molar-refractivity contribution in [2.24, 2.45) is 10.1 Å². The lowest BCUT2D eigenvalue weighted by Gasteiger charge is -2.49. The zero-order valence-corrected chi connectivity index (χ0v) is 18.7. The number of carboxylic acids is 1. The number of nitrogens with zero attached hydrogens (tertiary/aromatic N) is 6. The number of rotatable bonds is 6. The molecular weight excluding hydrogens is 472 g/mol. The van der Waals surface area contributed by atoms with Gasteiger partial charge in [0.25, 0.3) is 11.8 Å². The van der Waals surface area contributed by atoms with Crippen molar-refractivity contribution in [3.63, 3.8) is 0 Å². The van der Waals surface area contributed by atoms with Gasteiger partial charge in [0.1, 0.15) is 29.4 Å². The fraction of sp³-hybridized carbons (Fsp3) is 0.389. The Morgan fingerprint density at radius 2 is 2.24 bits per heavy atom. The first-order valence-electron chi connectivity index (χ1n) is 9.98. The average Bonchev–Trinajstić information content (AvgIpc) is 3.48. The highest BCUT2D eigenvalue weighted by atomic mass is 32.2. The molecule has 4 aliphatic rings. The van der Waals surface area contributed by atoms with Crippen molar-refractivity contribution in [2.45, 2.75) is 24.3 Å². The van der Waals surface area contributed by atoms with Gasteiger partial charge in [0.2, 0.25) is 11.5 Å². The Hall–Kier alpha value is -3.30. The van der Waals surface area contributed by atoms with Crippen LogP contribution in [0.1, 0.15) is 18.7 Å². The van der Waals surface area contributed by atoms with Crippen molar-refractivity contribution < 1.29 is 29.2 Å². The van der Waals surface area contributed by atoms with Gasteiger partial charge in [-0.2, -0.15) is 9.36 Å².